The first kappa shape index (κ1) is 26.7. The Balaban J connectivity index is 1.54. The Morgan fingerprint density at radius 2 is 1.88 bits per heavy atom. The first-order valence-electron chi connectivity index (χ1n) is 14.2. The monoisotopic (exact) mass is 577 g/mol. The summed E-state index contributed by atoms with van der Waals surface area (Å²) in [6.07, 6.45) is 0.612. The van der Waals surface area contributed by atoms with Crippen LogP contribution < -0.4 is 14.2 Å². The van der Waals surface area contributed by atoms with Gasteiger partial charge in [-0.1, -0.05) is 13.0 Å². The van der Waals surface area contributed by atoms with Crippen molar-refractivity contribution in [2.45, 2.75) is 69.6 Å². The van der Waals surface area contributed by atoms with Crippen LogP contribution in [0, 0.1) is 38.0 Å². The van der Waals surface area contributed by atoms with Gasteiger partial charge in [-0.25, -0.2) is 0 Å². The Hall–Kier alpha value is -3.13. The van der Waals surface area contributed by atoms with Gasteiger partial charge >= 0.3 is 5.97 Å². The predicted octanol–water partition coefficient (Wildman–Crippen LogP) is 4.25. The number of esters is 1. The normalized spacial score (nSPS) is 31.9. The first-order chi connectivity index (χ1) is 19.7. The number of carbonyl (C=O) groups excluding carboxylic acids is 1. The molecule has 10 heteroatoms. The Bertz CT molecular complexity index is 1520. The van der Waals surface area contributed by atoms with Crippen molar-refractivity contribution in [1.29, 1.82) is 5.26 Å². The van der Waals surface area contributed by atoms with E-state index < -0.39 is 12.1 Å². The topological polar surface area (TPSA) is 104 Å². The number of phenolic OH excluding ortho intramolecular Hbond substituents is 1. The number of phenols is 1. The summed E-state index contributed by atoms with van der Waals surface area (Å²) in [7, 11) is 3.66. The number of fused-ring (bicyclic) bond motifs is 9. The maximum Gasteiger partial charge on any atom is 0.309 e. The summed E-state index contributed by atoms with van der Waals surface area (Å²) < 4.78 is 23.8. The van der Waals surface area contributed by atoms with Crippen molar-refractivity contribution in [3.63, 3.8) is 0 Å². The lowest BCUT2D eigenvalue weighted by Crippen LogP contribution is -2.69. The van der Waals surface area contributed by atoms with E-state index in [0.717, 1.165) is 39.1 Å². The van der Waals surface area contributed by atoms with Gasteiger partial charge in [-0.2, -0.15) is 17.0 Å². The Kier molecular flexibility index (Phi) is 6.16. The summed E-state index contributed by atoms with van der Waals surface area (Å²) in [6.45, 7) is 8.30. The van der Waals surface area contributed by atoms with Gasteiger partial charge in [0, 0.05) is 34.2 Å². The van der Waals surface area contributed by atoms with Crippen LogP contribution in [0.5, 0.6) is 23.0 Å². The molecule has 2 fully saturated rings. The summed E-state index contributed by atoms with van der Waals surface area (Å²) in [5.41, 5.74) is 7.11. The van der Waals surface area contributed by atoms with Crippen molar-refractivity contribution < 1.29 is 28.8 Å². The fourth-order valence-corrected chi connectivity index (χ4v) is 9.60. The molecule has 2 unspecified atom stereocenters. The van der Waals surface area contributed by atoms with Crippen LogP contribution >= 0.6 is 11.8 Å². The Morgan fingerprint density at radius 1 is 1.12 bits per heavy atom. The van der Waals surface area contributed by atoms with E-state index in [1.54, 1.807) is 18.9 Å². The highest BCUT2D eigenvalue weighted by Gasteiger charge is 2.60. The number of hydrogen-bond donors (Lipinski definition) is 1. The minimum absolute atomic E-state index is 0.107. The van der Waals surface area contributed by atoms with Gasteiger partial charge in [-0.3, -0.25) is 14.6 Å². The third-order valence-electron chi connectivity index (χ3n) is 10.00. The molecular formula is C31H35N3O6S. The molecule has 7 rings (SSSR count). The summed E-state index contributed by atoms with van der Waals surface area (Å²) >= 11 is 1.73. The van der Waals surface area contributed by atoms with E-state index >= 15 is 0 Å². The molecule has 216 valence electrons. The van der Waals surface area contributed by atoms with Gasteiger partial charge in [0.2, 0.25) is 6.79 Å². The van der Waals surface area contributed by atoms with Gasteiger partial charge in [0.25, 0.3) is 0 Å². The lowest BCUT2D eigenvalue weighted by molar-refractivity contribution is -0.153. The van der Waals surface area contributed by atoms with Crippen molar-refractivity contribution in [2.24, 2.45) is 5.92 Å². The van der Waals surface area contributed by atoms with Crippen LogP contribution in [-0.4, -0.2) is 72.3 Å². The van der Waals surface area contributed by atoms with Crippen molar-refractivity contribution in [3.05, 3.63) is 45.0 Å². The van der Waals surface area contributed by atoms with Crippen molar-refractivity contribution in [2.75, 3.05) is 33.3 Å². The second-order valence-corrected chi connectivity index (χ2v) is 13.2. The van der Waals surface area contributed by atoms with E-state index in [9.17, 15) is 15.2 Å². The number of rotatable bonds is 1. The van der Waals surface area contributed by atoms with Gasteiger partial charge in [0.05, 0.1) is 31.2 Å². The SMILES string of the molecule is COc1c(C)cc2c(c1O)[C@H]1C3[C@@H]4SCC(C)C(=O)OC[C@H](c5c6c(c(C)c(C)c54)OCO6)N3[C@@H](C#N)[C@H](C2)N1C. The third kappa shape index (κ3) is 3.52. The molecule has 2 aromatic rings. The molecule has 4 bridgehead atoms. The van der Waals surface area contributed by atoms with Gasteiger partial charge in [-0.05, 0) is 62.1 Å². The molecule has 0 aromatic heterocycles. The molecule has 2 aromatic carbocycles. The lowest BCUT2D eigenvalue weighted by atomic mass is 9.71. The number of aromatic hydroxyl groups is 1. The van der Waals surface area contributed by atoms with E-state index in [-0.39, 0.29) is 54.4 Å². The van der Waals surface area contributed by atoms with Crippen LogP contribution in [0.3, 0.4) is 0 Å². The lowest BCUT2D eigenvalue weighted by Gasteiger charge is -2.62. The van der Waals surface area contributed by atoms with Gasteiger partial charge < -0.3 is 24.1 Å². The van der Waals surface area contributed by atoms with E-state index in [0.29, 0.717) is 23.7 Å². The number of piperazine rings is 1. The average Bonchev–Trinajstić information content (AvgIpc) is 3.44. The molecule has 0 amide bonds. The van der Waals surface area contributed by atoms with Crippen LogP contribution in [0.25, 0.3) is 0 Å². The molecule has 41 heavy (non-hydrogen) atoms. The molecule has 1 N–H and O–H groups in total. The highest BCUT2D eigenvalue weighted by molar-refractivity contribution is 7.99. The molecule has 0 spiro atoms. The highest BCUT2D eigenvalue weighted by Crippen LogP contribution is 2.62. The zero-order valence-corrected chi connectivity index (χ0v) is 25.0. The molecule has 2 saturated heterocycles. The largest absolute Gasteiger partial charge is 0.504 e. The number of ether oxygens (including phenoxy) is 4. The number of cyclic esters (lactones) is 1. The van der Waals surface area contributed by atoms with E-state index in [4.69, 9.17) is 18.9 Å². The van der Waals surface area contributed by atoms with Crippen LogP contribution in [0.4, 0.5) is 0 Å². The summed E-state index contributed by atoms with van der Waals surface area (Å²) in [5.74, 6) is 2.15. The predicted molar refractivity (Wildman–Crippen MR) is 153 cm³/mol. The van der Waals surface area contributed by atoms with Crippen LogP contribution in [-0.2, 0) is 16.0 Å². The number of nitrogens with zero attached hydrogens (tertiary/aromatic N) is 3. The molecular weight excluding hydrogens is 542 g/mol. The molecule has 9 nitrogen and oxygen atoms in total. The minimum atomic E-state index is -0.477. The molecule has 5 aliphatic rings. The van der Waals surface area contributed by atoms with E-state index in [2.05, 4.69) is 42.8 Å². The maximum atomic E-state index is 13.0. The van der Waals surface area contributed by atoms with Gasteiger partial charge in [0.1, 0.15) is 12.6 Å². The smallest absolute Gasteiger partial charge is 0.309 e. The van der Waals surface area contributed by atoms with Gasteiger partial charge in [0.15, 0.2) is 23.0 Å². The summed E-state index contributed by atoms with van der Waals surface area (Å²) in [6, 6.07) is 3.36. The zero-order chi connectivity index (χ0) is 28.9. The first-order valence-corrected chi connectivity index (χ1v) is 15.2. The fraction of sp³-hybridized carbons (Fsp3) is 0.548. The van der Waals surface area contributed by atoms with Crippen LogP contribution in [0.1, 0.15) is 63.2 Å². The Labute approximate surface area is 244 Å². The number of carbonyl (C=O) groups is 1. The number of aryl methyl sites for hydroxylation is 1. The number of likely N-dealkylation sites (N-methyl/N-ethyl adjacent to an activating group) is 1. The van der Waals surface area contributed by atoms with Crippen molar-refractivity contribution >= 4 is 17.7 Å². The second-order valence-electron chi connectivity index (χ2n) is 12.0. The maximum absolute atomic E-state index is 13.0. The third-order valence-corrected chi connectivity index (χ3v) is 11.6. The number of methoxy groups -OCH3 is 1. The van der Waals surface area contributed by atoms with Crippen LogP contribution in [0.15, 0.2) is 6.07 Å². The highest BCUT2D eigenvalue weighted by atomic mass is 32.2. The van der Waals surface area contributed by atoms with E-state index in [1.807, 2.05) is 13.8 Å². The molecule has 7 atom stereocenters. The average molecular weight is 578 g/mol. The molecule has 0 radical (unpaired) electrons. The molecule has 5 aliphatic heterocycles. The molecule has 5 heterocycles. The van der Waals surface area contributed by atoms with Crippen LogP contribution in [0.2, 0.25) is 0 Å². The standard InChI is InChI=1S/C31H35N3O6S/c1-13-7-17-8-18-19(9-32)34-20-10-38-31(36)14(2)11-41-30(21-15(3)16(4)28-29(23(20)21)40-12-39-28)25(34)24(33(18)5)22(17)26(35)27(13)37-6/h7,14,18-20,24-25,30,35H,8,10-12H2,1-6H3/t14?,18-,19-,20+,24-,25?,30+/m0/s1. The Morgan fingerprint density at radius 3 is 2.61 bits per heavy atom. The van der Waals surface area contributed by atoms with Crippen molar-refractivity contribution in [3.8, 4) is 29.1 Å². The van der Waals surface area contributed by atoms with Crippen molar-refractivity contribution in [1.82, 2.24) is 9.80 Å². The quantitative estimate of drug-likeness (QED) is 0.495. The van der Waals surface area contributed by atoms with Gasteiger partial charge in [-0.15, -0.1) is 0 Å². The molecule has 0 aliphatic carbocycles. The fourth-order valence-electron chi connectivity index (χ4n) is 8.01. The van der Waals surface area contributed by atoms with E-state index in [1.165, 1.54) is 5.56 Å². The second kappa shape index (κ2) is 9.45. The number of benzene rings is 2. The number of nitriles is 1. The summed E-state index contributed by atoms with van der Waals surface area (Å²) in [4.78, 5) is 17.6. The number of thioether (sulfide) groups is 1. The molecule has 0 saturated carbocycles. The summed E-state index contributed by atoms with van der Waals surface area (Å²) in [5, 5.41) is 22.4. The number of hydrogen-bond acceptors (Lipinski definition) is 10. The zero-order valence-electron chi connectivity index (χ0n) is 24.2. The minimum Gasteiger partial charge on any atom is -0.504 e.